The second kappa shape index (κ2) is 10.6. The van der Waals surface area contributed by atoms with Gasteiger partial charge in [0.15, 0.2) is 11.6 Å². The molecule has 0 saturated carbocycles. The molecular formula is C24H29N7O6S. The van der Waals surface area contributed by atoms with Gasteiger partial charge in [-0.15, -0.1) is 0 Å². The molecule has 0 radical (unpaired) electrons. The minimum atomic E-state index is -4.16. The maximum absolute atomic E-state index is 12.9. The van der Waals surface area contributed by atoms with Crippen LogP contribution in [-0.4, -0.2) is 87.5 Å². The molecule has 6 N–H and O–H groups in total. The molecule has 38 heavy (non-hydrogen) atoms. The third kappa shape index (κ3) is 5.71. The number of fused-ring (bicyclic) bond motifs is 1. The van der Waals surface area contributed by atoms with E-state index in [9.17, 15) is 23.1 Å². The fraction of sp³-hybridized carbons (Fsp3) is 0.417. The van der Waals surface area contributed by atoms with Crippen LogP contribution in [0.3, 0.4) is 0 Å². The maximum atomic E-state index is 12.9. The number of amides is 1. The smallest absolute Gasteiger partial charge is 0.323 e. The van der Waals surface area contributed by atoms with Gasteiger partial charge in [0.1, 0.15) is 11.8 Å². The summed E-state index contributed by atoms with van der Waals surface area (Å²) in [5, 5.41) is 27.3. The van der Waals surface area contributed by atoms with Crippen molar-refractivity contribution in [2.24, 2.45) is 10.1 Å². The molecule has 2 unspecified atom stereocenters. The maximum Gasteiger partial charge on any atom is 0.323 e. The third-order valence-electron chi connectivity index (χ3n) is 6.72. The van der Waals surface area contributed by atoms with Gasteiger partial charge in [0.2, 0.25) is 10.0 Å². The Morgan fingerprint density at radius 2 is 2.03 bits per heavy atom. The molecule has 13 nitrogen and oxygen atoms in total. The topological polar surface area (TPSA) is 183 Å². The highest BCUT2D eigenvalue weighted by molar-refractivity contribution is 7.89. The third-order valence-corrected chi connectivity index (χ3v) is 8.19. The molecule has 5 rings (SSSR count). The highest BCUT2D eigenvalue weighted by Crippen LogP contribution is 2.32. The summed E-state index contributed by atoms with van der Waals surface area (Å²) in [6, 6.07) is 10.3. The quantitative estimate of drug-likeness (QED) is 0.234. The summed E-state index contributed by atoms with van der Waals surface area (Å²) in [7, 11) is -4.16. The van der Waals surface area contributed by atoms with Crippen LogP contribution in [0.25, 0.3) is 10.8 Å². The number of carboxylic acids is 1. The van der Waals surface area contributed by atoms with Crippen LogP contribution in [0.2, 0.25) is 0 Å². The van der Waals surface area contributed by atoms with Crippen molar-refractivity contribution in [2.45, 2.75) is 35.4 Å². The minimum absolute atomic E-state index is 0.0714. The van der Waals surface area contributed by atoms with Crippen LogP contribution in [0.1, 0.15) is 12.8 Å². The van der Waals surface area contributed by atoms with Crippen molar-refractivity contribution in [2.75, 3.05) is 32.7 Å². The number of carboxylic acid groups (broad SMARTS) is 1. The normalized spacial score (nSPS) is 23.4. The molecule has 0 bridgehead atoms. The molecule has 14 heteroatoms. The zero-order chi connectivity index (χ0) is 26.8. The first kappa shape index (κ1) is 25.9. The van der Waals surface area contributed by atoms with E-state index in [1.165, 1.54) is 12.1 Å². The fourth-order valence-electron chi connectivity index (χ4n) is 4.72. The number of sulfonamides is 1. The summed E-state index contributed by atoms with van der Waals surface area (Å²) in [6.45, 7) is 2.23. The number of nitrogens with zero attached hydrogens (tertiary/aromatic N) is 2. The van der Waals surface area contributed by atoms with E-state index in [-0.39, 0.29) is 23.1 Å². The first-order valence-electron chi connectivity index (χ1n) is 12.3. The molecule has 0 aromatic heterocycles. The van der Waals surface area contributed by atoms with Crippen LogP contribution in [-0.2, 0) is 24.4 Å². The lowest BCUT2D eigenvalue weighted by molar-refractivity contribution is -0.138. The van der Waals surface area contributed by atoms with Gasteiger partial charge in [0, 0.05) is 45.1 Å². The van der Waals surface area contributed by atoms with Crippen molar-refractivity contribution in [1.82, 2.24) is 26.0 Å². The van der Waals surface area contributed by atoms with Crippen LogP contribution in [0.15, 0.2) is 57.5 Å². The van der Waals surface area contributed by atoms with Crippen molar-refractivity contribution in [3.05, 3.63) is 42.5 Å². The molecule has 3 aliphatic rings. The lowest BCUT2D eigenvalue weighted by atomic mass is 9.94. The summed E-state index contributed by atoms with van der Waals surface area (Å²) in [4.78, 5) is 34.4. The summed E-state index contributed by atoms with van der Waals surface area (Å²) < 4.78 is 27.9. The first-order valence-corrected chi connectivity index (χ1v) is 13.7. The summed E-state index contributed by atoms with van der Waals surface area (Å²) in [5.74, 6) is -1.27. The Morgan fingerprint density at radius 1 is 1.21 bits per heavy atom. The van der Waals surface area contributed by atoms with Gasteiger partial charge in [0.05, 0.1) is 11.4 Å². The van der Waals surface area contributed by atoms with Gasteiger partial charge in [-0.2, -0.15) is 4.72 Å². The summed E-state index contributed by atoms with van der Waals surface area (Å²) >= 11 is 0. The van der Waals surface area contributed by atoms with Crippen LogP contribution in [0, 0.1) is 0 Å². The van der Waals surface area contributed by atoms with Crippen molar-refractivity contribution in [1.29, 1.82) is 0 Å². The highest BCUT2D eigenvalue weighted by Gasteiger charge is 2.47. The molecule has 3 aliphatic heterocycles. The number of hydrogen-bond acceptors (Lipinski definition) is 10. The lowest BCUT2D eigenvalue weighted by Gasteiger charge is -2.19. The Bertz CT molecular complexity index is 1410. The molecule has 1 spiro atoms. The Kier molecular flexibility index (Phi) is 7.19. The fourth-order valence-corrected chi connectivity index (χ4v) is 5.94. The largest absolute Gasteiger partial charge is 0.480 e. The van der Waals surface area contributed by atoms with E-state index in [4.69, 9.17) is 4.84 Å². The van der Waals surface area contributed by atoms with Crippen LogP contribution < -0.4 is 26.0 Å². The number of carbonyl (C=O) groups excluding carboxylic acids is 1. The predicted molar refractivity (Wildman–Crippen MR) is 139 cm³/mol. The van der Waals surface area contributed by atoms with Gasteiger partial charge in [-0.3, -0.25) is 14.6 Å². The second-order valence-corrected chi connectivity index (χ2v) is 11.3. The van der Waals surface area contributed by atoms with E-state index in [1.54, 1.807) is 18.2 Å². The zero-order valence-electron chi connectivity index (χ0n) is 20.4. The number of aliphatic imine (C=N–C) groups is 1. The van der Waals surface area contributed by atoms with Crippen LogP contribution >= 0.6 is 0 Å². The molecular weight excluding hydrogens is 514 g/mol. The van der Waals surface area contributed by atoms with E-state index in [2.05, 4.69) is 36.1 Å². The molecule has 2 aromatic carbocycles. The number of oxime groups is 1. The first-order chi connectivity index (χ1) is 18.2. The number of benzene rings is 2. The molecule has 1 amide bonds. The average Bonchev–Trinajstić information content (AvgIpc) is 3.67. The van der Waals surface area contributed by atoms with Gasteiger partial charge in [0.25, 0.3) is 5.91 Å². The predicted octanol–water partition coefficient (Wildman–Crippen LogP) is -0.887. The minimum Gasteiger partial charge on any atom is -0.480 e. The molecule has 1 fully saturated rings. The van der Waals surface area contributed by atoms with Gasteiger partial charge in [-0.1, -0.05) is 35.5 Å². The van der Waals surface area contributed by atoms with Crippen molar-refractivity contribution < 1.29 is 28.0 Å². The van der Waals surface area contributed by atoms with Gasteiger partial charge in [-0.25, -0.2) is 8.42 Å². The van der Waals surface area contributed by atoms with Crippen molar-refractivity contribution in [3.63, 3.8) is 0 Å². The molecule has 202 valence electrons. The van der Waals surface area contributed by atoms with E-state index >= 15 is 0 Å². The summed E-state index contributed by atoms with van der Waals surface area (Å²) in [6.07, 6.45) is 0.874. The average molecular weight is 544 g/mol. The number of aliphatic carboxylic acids is 1. The number of hydrogen-bond donors (Lipinski definition) is 6. The zero-order valence-corrected chi connectivity index (χ0v) is 21.3. The number of rotatable bonds is 9. The Hall–Kier alpha value is -3.75. The van der Waals surface area contributed by atoms with E-state index in [1.807, 2.05) is 12.1 Å². The SMILES string of the molecule is O=C(NC[C@H](NS(=O)(=O)c1ccc2ccccc2c1)C(=O)O)C1=NOC2(CNC(CNC3=NCCN3)C2)C1. The highest BCUT2D eigenvalue weighted by atomic mass is 32.2. The van der Waals surface area contributed by atoms with E-state index in [0.717, 1.165) is 24.4 Å². The molecule has 2 aromatic rings. The van der Waals surface area contributed by atoms with Gasteiger partial charge in [-0.05, 0) is 22.9 Å². The Balaban J connectivity index is 1.14. The van der Waals surface area contributed by atoms with Gasteiger partial charge >= 0.3 is 5.97 Å². The number of guanidine groups is 1. The lowest BCUT2D eigenvalue weighted by Crippen LogP contribution is -2.49. The van der Waals surface area contributed by atoms with E-state index < -0.39 is 40.1 Å². The molecule has 1 saturated heterocycles. The monoisotopic (exact) mass is 543 g/mol. The molecule has 0 aliphatic carbocycles. The van der Waals surface area contributed by atoms with Crippen molar-refractivity contribution in [3.8, 4) is 0 Å². The van der Waals surface area contributed by atoms with Crippen molar-refractivity contribution >= 4 is 44.3 Å². The number of carbonyl (C=O) groups is 2. The molecule has 3 heterocycles. The standard InChI is InChI=1S/C24H29N7O6S/c32-21(19-11-24(37-30-19)10-17(29-14-24)12-28-23-25-7-8-26-23)27-13-20(22(33)34)31-38(35,36)18-6-5-15-3-1-2-4-16(15)9-18/h1-6,9,17,20,29,31H,7-8,10-14H2,(H,27,32)(H,33,34)(H2,25,26,28)/t17?,20-,24?/m0/s1. The Morgan fingerprint density at radius 3 is 2.79 bits per heavy atom. The molecule has 3 atom stereocenters. The van der Waals surface area contributed by atoms with Crippen LogP contribution in [0.4, 0.5) is 0 Å². The number of nitrogens with one attached hydrogen (secondary N) is 5. The van der Waals surface area contributed by atoms with E-state index in [0.29, 0.717) is 24.9 Å². The van der Waals surface area contributed by atoms with Crippen LogP contribution in [0.5, 0.6) is 0 Å². The summed E-state index contributed by atoms with van der Waals surface area (Å²) in [5.41, 5.74) is -0.530. The Labute approximate surface area is 219 Å². The van der Waals surface area contributed by atoms with Gasteiger partial charge < -0.3 is 31.2 Å². The second-order valence-electron chi connectivity index (χ2n) is 9.54.